The highest BCUT2D eigenvalue weighted by Gasteiger charge is 2.41. The molecule has 29 heavy (non-hydrogen) atoms. The second-order valence-electron chi connectivity index (χ2n) is 9.62. The monoisotopic (exact) mass is 398 g/mol. The smallest absolute Gasteiger partial charge is 0.250 e. The molecule has 160 valence electrons. The number of hydrogen-bond donors (Lipinski definition) is 1. The summed E-state index contributed by atoms with van der Waals surface area (Å²) in [6.45, 7) is 6.85. The van der Waals surface area contributed by atoms with Crippen LogP contribution in [0.1, 0.15) is 57.9 Å². The first-order valence-electron chi connectivity index (χ1n) is 11.8. The Hall–Kier alpha value is -1.39. The minimum absolute atomic E-state index is 0.124. The average molecular weight is 399 g/mol. The number of morpholine rings is 1. The zero-order valence-corrected chi connectivity index (χ0v) is 18.2. The lowest BCUT2D eigenvalue weighted by molar-refractivity contribution is -0.142. The molecule has 1 aromatic rings. The molecular weight excluding hydrogens is 360 g/mol. The number of ether oxygens (including phenoxy) is 1. The summed E-state index contributed by atoms with van der Waals surface area (Å²) in [4.78, 5) is 15.5. The summed E-state index contributed by atoms with van der Waals surface area (Å²) in [5, 5.41) is 3.45. The van der Waals surface area contributed by atoms with Crippen LogP contribution in [0.2, 0.25) is 0 Å². The molecule has 4 rings (SSSR count). The van der Waals surface area contributed by atoms with Crippen LogP contribution in [-0.2, 0) is 16.0 Å². The number of nitrogens with zero attached hydrogens (tertiary/aromatic N) is 1. The molecule has 1 aromatic carbocycles. The molecule has 4 heteroatoms. The maximum atomic E-state index is 13.1. The molecule has 4 atom stereocenters. The molecule has 0 radical (unpaired) electrons. The fourth-order valence-corrected chi connectivity index (χ4v) is 6.01. The quantitative estimate of drug-likeness (QED) is 0.786. The largest absolute Gasteiger partial charge is 0.366 e. The molecule has 3 fully saturated rings. The predicted octanol–water partition coefficient (Wildman–Crippen LogP) is 4.04. The van der Waals surface area contributed by atoms with Gasteiger partial charge in [0.1, 0.15) is 6.10 Å². The average Bonchev–Trinajstić information content (AvgIpc) is 2.74. The van der Waals surface area contributed by atoms with Crippen molar-refractivity contribution in [2.45, 2.75) is 77.0 Å². The Morgan fingerprint density at radius 2 is 1.93 bits per heavy atom. The highest BCUT2D eigenvalue weighted by Crippen LogP contribution is 2.43. The molecule has 4 nitrogen and oxygen atoms in total. The van der Waals surface area contributed by atoms with Crippen molar-refractivity contribution in [3.05, 3.63) is 35.9 Å². The van der Waals surface area contributed by atoms with E-state index in [-0.39, 0.29) is 12.0 Å². The van der Waals surface area contributed by atoms with Gasteiger partial charge in [-0.05, 0) is 62.3 Å². The van der Waals surface area contributed by atoms with Crippen LogP contribution >= 0.6 is 0 Å². The summed E-state index contributed by atoms with van der Waals surface area (Å²) in [5.74, 6) is 2.33. The lowest BCUT2D eigenvalue weighted by atomic mass is 9.64. The Kier molecular flexibility index (Phi) is 6.92. The number of carbonyl (C=O) groups is 1. The minimum Gasteiger partial charge on any atom is -0.366 e. The van der Waals surface area contributed by atoms with Gasteiger partial charge in [-0.15, -0.1) is 0 Å². The number of nitrogens with one attached hydrogen (secondary N) is 1. The Bertz CT molecular complexity index is 650. The first-order valence-corrected chi connectivity index (χ1v) is 11.8. The fourth-order valence-electron chi connectivity index (χ4n) is 6.01. The van der Waals surface area contributed by atoms with Crippen molar-refractivity contribution in [3.63, 3.8) is 0 Å². The molecule has 1 aliphatic heterocycles. The standard InChI is InChI=1S/C25H38N2O2/c1-3-19-15-21-10-7-11-22(16-19)24(21)26-25(28)23-17-27(12-13-29-23)18(2)14-20-8-5-4-6-9-20/h4-6,8-9,18-19,21-24H,3,7,10-17H2,1-2H3,(H,26,28). The van der Waals surface area contributed by atoms with E-state index in [1.807, 2.05) is 0 Å². The maximum absolute atomic E-state index is 13.1. The van der Waals surface area contributed by atoms with Crippen LogP contribution in [0.5, 0.6) is 0 Å². The van der Waals surface area contributed by atoms with Crippen molar-refractivity contribution < 1.29 is 9.53 Å². The Labute approximate surface area is 176 Å². The highest BCUT2D eigenvalue weighted by atomic mass is 16.5. The van der Waals surface area contributed by atoms with Gasteiger partial charge in [-0.1, -0.05) is 50.1 Å². The maximum Gasteiger partial charge on any atom is 0.250 e. The normalized spacial score (nSPS) is 33.8. The van der Waals surface area contributed by atoms with Gasteiger partial charge in [0.25, 0.3) is 5.91 Å². The van der Waals surface area contributed by atoms with E-state index in [1.165, 1.54) is 44.1 Å². The second-order valence-corrected chi connectivity index (χ2v) is 9.62. The van der Waals surface area contributed by atoms with Crippen LogP contribution in [0.15, 0.2) is 30.3 Å². The lowest BCUT2D eigenvalue weighted by Gasteiger charge is -2.46. The Morgan fingerprint density at radius 3 is 2.62 bits per heavy atom. The number of hydrogen-bond acceptors (Lipinski definition) is 3. The van der Waals surface area contributed by atoms with Gasteiger partial charge >= 0.3 is 0 Å². The Morgan fingerprint density at radius 1 is 1.21 bits per heavy atom. The summed E-state index contributed by atoms with van der Waals surface area (Å²) in [6, 6.07) is 11.4. The van der Waals surface area contributed by atoms with Gasteiger partial charge < -0.3 is 10.1 Å². The van der Waals surface area contributed by atoms with Gasteiger partial charge in [-0.25, -0.2) is 0 Å². The summed E-state index contributed by atoms with van der Waals surface area (Å²) in [6.07, 6.45) is 8.46. The van der Waals surface area contributed by atoms with Crippen LogP contribution in [0.3, 0.4) is 0 Å². The third kappa shape index (κ3) is 5.03. The second kappa shape index (κ2) is 9.61. The predicted molar refractivity (Wildman–Crippen MR) is 117 cm³/mol. The number of benzene rings is 1. The van der Waals surface area contributed by atoms with Gasteiger partial charge in [0, 0.05) is 25.2 Å². The van der Waals surface area contributed by atoms with Crippen LogP contribution in [0.4, 0.5) is 0 Å². The van der Waals surface area contributed by atoms with E-state index >= 15 is 0 Å². The topological polar surface area (TPSA) is 41.6 Å². The van der Waals surface area contributed by atoms with Crippen molar-refractivity contribution in [2.75, 3.05) is 19.7 Å². The molecule has 0 spiro atoms. The van der Waals surface area contributed by atoms with Crippen molar-refractivity contribution in [3.8, 4) is 0 Å². The fraction of sp³-hybridized carbons (Fsp3) is 0.720. The molecule has 0 aromatic heterocycles. The van der Waals surface area contributed by atoms with Gasteiger partial charge in [0.05, 0.1) is 6.61 Å². The first-order chi connectivity index (χ1) is 14.1. The molecule has 4 unspecified atom stereocenters. The molecule has 1 saturated heterocycles. The number of fused-ring (bicyclic) bond motifs is 2. The molecule has 2 saturated carbocycles. The van der Waals surface area contributed by atoms with Crippen molar-refractivity contribution in [2.24, 2.45) is 17.8 Å². The zero-order valence-electron chi connectivity index (χ0n) is 18.2. The molecule has 2 bridgehead atoms. The van der Waals surface area contributed by atoms with Crippen LogP contribution in [-0.4, -0.2) is 48.7 Å². The van der Waals surface area contributed by atoms with E-state index in [4.69, 9.17) is 4.74 Å². The van der Waals surface area contributed by atoms with Crippen molar-refractivity contribution >= 4 is 5.91 Å². The van der Waals surface area contributed by atoms with E-state index in [9.17, 15) is 4.79 Å². The van der Waals surface area contributed by atoms with Crippen LogP contribution < -0.4 is 5.32 Å². The van der Waals surface area contributed by atoms with Gasteiger partial charge in [0.15, 0.2) is 0 Å². The third-order valence-corrected chi connectivity index (χ3v) is 7.71. The lowest BCUT2D eigenvalue weighted by Crippen LogP contribution is -2.57. The van der Waals surface area contributed by atoms with E-state index < -0.39 is 0 Å². The van der Waals surface area contributed by atoms with Gasteiger partial charge in [0.2, 0.25) is 0 Å². The number of amides is 1. The van der Waals surface area contributed by atoms with Crippen LogP contribution in [0, 0.1) is 17.8 Å². The van der Waals surface area contributed by atoms with Gasteiger partial charge in [-0.2, -0.15) is 0 Å². The van der Waals surface area contributed by atoms with Crippen LogP contribution in [0.25, 0.3) is 0 Å². The molecule has 3 aliphatic rings. The SMILES string of the molecule is CCC1CC2CCCC(C1)C2NC(=O)C1CN(C(C)Cc2ccccc2)CCO1. The Balaban J connectivity index is 1.33. The summed E-state index contributed by atoms with van der Waals surface area (Å²) in [5.41, 5.74) is 1.35. The molecular formula is C25H38N2O2. The summed E-state index contributed by atoms with van der Waals surface area (Å²) >= 11 is 0. The third-order valence-electron chi connectivity index (χ3n) is 7.71. The highest BCUT2D eigenvalue weighted by molar-refractivity contribution is 5.81. The molecule has 2 aliphatic carbocycles. The molecule has 1 N–H and O–H groups in total. The van der Waals surface area contributed by atoms with Gasteiger partial charge in [-0.3, -0.25) is 9.69 Å². The van der Waals surface area contributed by atoms with E-state index in [2.05, 4.69) is 54.4 Å². The van der Waals surface area contributed by atoms with E-state index in [0.717, 1.165) is 18.9 Å². The summed E-state index contributed by atoms with van der Waals surface area (Å²) < 4.78 is 5.92. The molecule has 1 heterocycles. The van der Waals surface area contributed by atoms with E-state index in [0.29, 0.717) is 37.1 Å². The first kappa shape index (κ1) is 20.9. The minimum atomic E-state index is -0.327. The zero-order chi connectivity index (χ0) is 20.2. The van der Waals surface area contributed by atoms with Crippen molar-refractivity contribution in [1.82, 2.24) is 10.2 Å². The number of rotatable bonds is 6. The number of carbonyl (C=O) groups excluding carboxylic acids is 1. The molecule has 1 amide bonds. The van der Waals surface area contributed by atoms with Crippen molar-refractivity contribution in [1.29, 1.82) is 0 Å². The van der Waals surface area contributed by atoms with E-state index in [1.54, 1.807) is 0 Å². The summed E-state index contributed by atoms with van der Waals surface area (Å²) in [7, 11) is 0.